The number of ether oxygens (including phenoxy) is 3. The van der Waals surface area contributed by atoms with Crippen molar-refractivity contribution in [3.8, 4) is 17.2 Å². The molecule has 2 aliphatic rings. The van der Waals surface area contributed by atoms with Crippen molar-refractivity contribution in [2.45, 2.75) is 6.42 Å². The smallest absolute Gasteiger partial charge is 0.283 e. The summed E-state index contributed by atoms with van der Waals surface area (Å²) in [5.74, 6) is 1.46. The number of carbonyl (C=O) groups is 1. The van der Waals surface area contributed by atoms with Gasteiger partial charge in [0.15, 0.2) is 5.17 Å². The Morgan fingerprint density at radius 3 is 2.16 bits per heavy atom. The zero-order valence-corrected chi connectivity index (χ0v) is 21.3. The fourth-order valence-corrected chi connectivity index (χ4v) is 4.75. The van der Waals surface area contributed by atoms with Crippen LogP contribution < -0.4 is 14.2 Å². The maximum atomic E-state index is 13.4. The molecule has 7 nitrogen and oxygen atoms in total. The zero-order chi connectivity index (χ0) is 26.5. The van der Waals surface area contributed by atoms with E-state index in [2.05, 4.69) is 4.99 Å². The van der Waals surface area contributed by atoms with E-state index >= 15 is 0 Å². The average molecular weight is 530 g/mol. The van der Waals surface area contributed by atoms with Gasteiger partial charge in [0.05, 0.1) is 31.6 Å². The number of halogens is 1. The Bertz CT molecular complexity index is 1430. The molecular weight excluding hydrogens is 505 g/mol. The van der Waals surface area contributed by atoms with Gasteiger partial charge < -0.3 is 14.2 Å². The van der Waals surface area contributed by atoms with Crippen LogP contribution in [0.15, 0.2) is 88.8 Å². The highest BCUT2D eigenvalue weighted by Crippen LogP contribution is 2.37. The third-order valence-corrected chi connectivity index (χ3v) is 6.66. The number of methoxy groups -OCH3 is 1. The summed E-state index contributed by atoms with van der Waals surface area (Å²) in [7, 11) is 1.62. The molecule has 5 rings (SSSR count). The van der Waals surface area contributed by atoms with E-state index in [1.54, 1.807) is 30.2 Å². The van der Waals surface area contributed by atoms with Crippen LogP contribution in [0.4, 0.5) is 4.39 Å². The molecule has 0 radical (unpaired) electrons. The van der Waals surface area contributed by atoms with Crippen molar-refractivity contribution in [2.24, 2.45) is 4.99 Å². The minimum Gasteiger partial charge on any atom is -0.497 e. The number of hydrogen-bond acceptors (Lipinski definition) is 6. The van der Waals surface area contributed by atoms with E-state index in [0.29, 0.717) is 36.2 Å². The van der Waals surface area contributed by atoms with Crippen LogP contribution in [0, 0.1) is 11.2 Å². The van der Waals surface area contributed by atoms with Gasteiger partial charge in [0.1, 0.15) is 28.9 Å². The second-order valence-electron chi connectivity index (χ2n) is 8.36. The summed E-state index contributed by atoms with van der Waals surface area (Å²) < 4.78 is 30.0. The Labute approximate surface area is 223 Å². The van der Waals surface area contributed by atoms with Crippen LogP contribution in [0.25, 0.3) is 11.8 Å². The summed E-state index contributed by atoms with van der Waals surface area (Å²) in [5, 5.41) is 10.9. The quantitative estimate of drug-likeness (QED) is 0.271. The normalized spacial score (nSPS) is 15.7. The number of fused-ring (bicyclic) bond motifs is 1. The minimum absolute atomic E-state index is 0.0257. The first-order valence-electron chi connectivity index (χ1n) is 11.9. The van der Waals surface area contributed by atoms with Crippen molar-refractivity contribution in [1.82, 2.24) is 4.90 Å². The van der Waals surface area contributed by atoms with Crippen LogP contribution in [0.3, 0.4) is 0 Å². The number of aliphatic imine (C=N–C) groups is 1. The fourth-order valence-electron chi connectivity index (χ4n) is 3.86. The van der Waals surface area contributed by atoms with Crippen LogP contribution in [0.1, 0.15) is 17.5 Å². The SMILES string of the molecule is COc1ccc(OCCCOc2ccc(C=C3C(=N)N4C(c5ccc(F)cc5)=CSC4=NC3=O)cc2)cc1. The van der Waals surface area contributed by atoms with Crippen molar-refractivity contribution in [3.63, 3.8) is 0 Å². The van der Waals surface area contributed by atoms with E-state index in [-0.39, 0.29) is 17.2 Å². The molecule has 0 spiro atoms. The summed E-state index contributed by atoms with van der Waals surface area (Å²) in [6.07, 6.45) is 2.35. The highest BCUT2D eigenvalue weighted by Gasteiger charge is 2.36. The van der Waals surface area contributed by atoms with Gasteiger partial charge >= 0.3 is 0 Å². The molecule has 0 aromatic heterocycles. The van der Waals surface area contributed by atoms with Crippen molar-refractivity contribution >= 4 is 40.4 Å². The van der Waals surface area contributed by atoms with Gasteiger partial charge in [-0.1, -0.05) is 23.9 Å². The molecular formula is C29H24FN3O4S. The number of hydrogen-bond donors (Lipinski definition) is 1. The lowest BCUT2D eigenvalue weighted by atomic mass is 10.1. The molecule has 0 aliphatic carbocycles. The molecule has 2 aliphatic heterocycles. The Hall–Kier alpha value is -4.37. The second-order valence-corrected chi connectivity index (χ2v) is 9.20. The average Bonchev–Trinajstić information content (AvgIpc) is 3.36. The summed E-state index contributed by atoms with van der Waals surface area (Å²) >= 11 is 1.26. The van der Waals surface area contributed by atoms with Gasteiger partial charge in [-0.3, -0.25) is 15.1 Å². The minimum atomic E-state index is -0.473. The molecule has 192 valence electrons. The summed E-state index contributed by atoms with van der Waals surface area (Å²) in [5.41, 5.74) is 2.33. The molecule has 0 fully saturated rings. The number of nitrogens with one attached hydrogen (secondary N) is 1. The molecule has 0 saturated carbocycles. The molecule has 9 heteroatoms. The maximum absolute atomic E-state index is 13.4. The molecule has 38 heavy (non-hydrogen) atoms. The number of thioether (sulfide) groups is 1. The zero-order valence-electron chi connectivity index (χ0n) is 20.5. The molecule has 0 atom stereocenters. The molecule has 1 N–H and O–H groups in total. The maximum Gasteiger partial charge on any atom is 0.283 e. The van der Waals surface area contributed by atoms with E-state index in [0.717, 1.165) is 22.6 Å². The summed E-state index contributed by atoms with van der Waals surface area (Å²) in [4.78, 5) is 18.5. The monoisotopic (exact) mass is 529 g/mol. The molecule has 0 saturated heterocycles. The van der Waals surface area contributed by atoms with Gasteiger partial charge in [-0.25, -0.2) is 4.39 Å². The van der Waals surface area contributed by atoms with Crippen molar-refractivity contribution < 1.29 is 23.4 Å². The summed E-state index contributed by atoms with van der Waals surface area (Å²) in [6, 6.07) is 20.7. The van der Waals surface area contributed by atoms with Gasteiger partial charge in [-0.2, -0.15) is 4.99 Å². The van der Waals surface area contributed by atoms with Crippen LogP contribution >= 0.6 is 11.8 Å². The lowest BCUT2D eigenvalue weighted by Gasteiger charge is -2.26. The van der Waals surface area contributed by atoms with Gasteiger partial charge in [0.2, 0.25) is 0 Å². The lowest BCUT2D eigenvalue weighted by Crippen LogP contribution is -2.38. The van der Waals surface area contributed by atoms with E-state index < -0.39 is 5.91 Å². The predicted octanol–water partition coefficient (Wildman–Crippen LogP) is 5.99. The Morgan fingerprint density at radius 1 is 0.921 bits per heavy atom. The molecule has 0 bridgehead atoms. The number of nitrogens with zero attached hydrogens (tertiary/aromatic N) is 2. The van der Waals surface area contributed by atoms with Gasteiger partial charge in [0.25, 0.3) is 5.91 Å². The topological polar surface area (TPSA) is 84.2 Å². The van der Waals surface area contributed by atoms with Crippen molar-refractivity contribution in [3.05, 3.63) is 101 Å². The van der Waals surface area contributed by atoms with Crippen LogP contribution in [-0.4, -0.2) is 42.1 Å². The number of carbonyl (C=O) groups excluding carboxylic acids is 1. The Kier molecular flexibility index (Phi) is 7.55. The first-order valence-corrected chi connectivity index (χ1v) is 12.8. The standard InChI is InChI=1S/C29H24FN3O4S/c1-35-22-11-13-24(14-12-22)37-16-2-15-36-23-9-3-19(4-10-23)17-25-27(31)33-26(18-38-29(33)32-28(25)34)20-5-7-21(30)8-6-20/h3-14,17-18,31H,2,15-16H2,1H3. The van der Waals surface area contributed by atoms with E-state index in [4.69, 9.17) is 19.6 Å². The largest absolute Gasteiger partial charge is 0.497 e. The molecule has 3 aromatic rings. The molecule has 0 unspecified atom stereocenters. The van der Waals surface area contributed by atoms with Crippen molar-refractivity contribution in [2.75, 3.05) is 20.3 Å². The molecule has 3 aromatic carbocycles. The van der Waals surface area contributed by atoms with Crippen molar-refractivity contribution in [1.29, 1.82) is 5.41 Å². The highest BCUT2D eigenvalue weighted by atomic mass is 32.2. The van der Waals surface area contributed by atoms with E-state index in [1.165, 1.54) is 23.9 Å². The first kappa shape index (κ1) is 25.3. The Balaban J connectivity index is 1.18. The third kappa shape index (κ3) is 5.63. The predicted molar refractivity (Wildman–Crippen MR) is 147 cm³/mol. The van der Waals surface area contributed by atoms with E-state index in [9.17, 15) is 9.18 Å². The van der Waals surface area contributed by atoms with Gasteiger partial charge in [0, 0.05) is 11.8 Å². The van der Waals surface area contributed by atoms with E-state index in [1.807, 2.05) is 53.9 Å². The second kappa shape index (κ2) is 11.4. The van der Waals surface area contributed by atoms with Crippen LogP contribution in [0.5, 0.6) is 17.2 Å². The van der Waals surface area contributed by atoms with Gasteiger partial charge in [-0.05, 0) is 77.9 Å². The lowest BCUT2D eigenvalue weighted by molar-refractivity contribution is -0.114. The fraction of sp³-hybridized carbons (Fsp3) is 0.138. The third-order valence-electron chi connectivity index (χ3n) is 5.83. The van der Waals surface area contributed by atoms with Crippen LogP contribution in [0.2, 0.25) is 0 Å². The number of rotatable bonds is 9. The number of benzene rings is 3. The first-order chi connectivity index (χ1) is 18.5. The number of amidine groups is 2. The molecule has 1 amide bonds. The Morgan fingerprint density at radius 2 is 1.53 bits per heavy atom. The summed E-state index contributed by atoms with van der Waals surface area (Å²) in [6.45, 7) is 1.01. The van der Waals surface area contributed by atoms with Crippen LogP contribution in [-0.2, 0) is 4.79 Å². The highest BCUT2D eigenvalue weighted by molar-refractivity contribution is 8.17. The number of amides is 1. The van der Waals surface area contributed by atoms with Gasteiger partial charge in [-0.15, -0.1) is 0 Å². The molecule has 2 heterocycles.